The van der Waals surface area contributed by atoms with Crippen LogP contribution in [-0.4, -0.2) is 6.61 Å². The SMILES string of the molecule is CCCCCCCCCc1cc2ccc(OCC)c(F)c2c(=O)o1. The molecule has 0 unspecified atom stereocenters. The van der Waals surface area contributed by atoms with Gasteiger partial charge in [-0.05, 0) is 30.9 Å². The number of hydrogen-bond acceptors (Lipinski definition) is 3. The topological polar surface area (TPSA) is 39.4 Å². The minimum atomic E-state index is -0.634. The Labute approximate surface area is 142 Å². The van der Waals surface area contributed by atoms with E-state index >= 15 is 0 Å². The van der Waals surface area contributed by atoms with Crippen LogP contribution in [0.3, 0.4) is 0 Å². The molecular formula is C20H27FO3. The number of benzene rings is 1. The van der Waals surface area contributed by atoms with Gasteiger partial charge >= 0.3 is 5.63 Å². The third-order valence-electron chi connectivity index (χ3n) is 4.21. The Hall–Kier alpha value is -1.84. The van der Waals surface area contributed by atoms with E-state index in [9.17, 15) is 9.18 Å². The summed E-state index contributed by atoms with van der Waals surface area (Å²) in [5.41, 5.74) is -0.621. The normalized spacial score (nSPS) is 11.1. The van der Waals surface area contributed by atoms with Gasteiger partial charge in [0.15, 0.2) is 11.6 Å². The van der Waals surface area contributed by atoms with Crippen LogP contribution in [0.15, 0.2) is 27.4 Å². The molecule has 0 bridgehead atoms. The van der Waals surface area contributed by atoms with Crippen LogP contribution in [0.2, 0.25) is 0 Å². The van der Waals surface area contributed by atoms with Crippen LogP contribution in [0.4, 0.5) is 4.39 Å². The predicted molar refractivity (Wildman–Crippen MR) is 95.3 cm³/mol. The number of halogens is 1. The van der Waals surface area contributed by atoms with Gasteiger partial charge in [0.2, 0.25) is 0 Å². The summed E-state index contributed by atoms with van der Waals surface area (Å²) >= 11 is 0. The minimum Gasteiger partial charge on any atom is -0.491 e. The fourth-order valence-electron chi connectivity index (χ4n) is 2.92. The molecule has 0 N–H and O–H groups in total. The molecule has 0 atom stereocenters. The Morgan fingerprint density at radius 2 is 1.75 bits per heavy atom. The number of hydrogen-bond donors (Lipinski definition) is 0. The van der Waals surface area contributed by atoms with Gasteiger partial charge in [0.25, 0.3) is 0 Å². The van der Waals surface area contributed by atoms with Crippen LogP contribution in [0, 0.1) is 5.82 Å². The van der Waals surface area contributed by atoms with E-state index in [0.29, 0.717) is 24.2 Å². The summed E-state index contributed by atoms with van der Waals surface area (Å²) < 4.78 is 24.8. The summed E-state index contributed by atoms with van der Waals surface area (Å²) in [7, 11) is 0. The van der Waals surface area contributed by atoms with Crippen molar-refractivity contribution in [3.05, 3.63) is 40.2 Å². The molecule has 0 saturated carbocycles. The monoisotopic (exact) mass is 334 g/mol. The van der Waals surface area contributed by atoms with Crippen molar-refractivity contribution in [2.75, 3.05) is 6.61 Å². The minimum absolute atomic E-state index is 0.0238. The van der Waals surface area contributed by atoms with Gasteiger partial charge in [0.05, 0.1) is 6.61 Å². The molecule has 132 valence electrons. The van der Waals surface area contributed by atoms with E-state index in [1.165, 1.54) is 32.1 Å². The molecule has 3 nitrogen and oxygen atoms in total. The number of ether oxygens (including phenoxy) is 1. The zero-order valence-corrected chi connectivity index (χ0v) is 14.7. The Bertz CT molecular complexity index is 706. The van der Waals surface area contributed by atoms with E-state index in [2.05, 4.69) is 6.92 Å². The second-order valence-electron chi connectivity index (χ2n) is 6.15. The van der Waals surface area contributed by atoms with E-state index in [-0.39, 0.29) is 11.1 Å². The van der Waals surface area contributed by atoms with E-state index in [1.54, 1.807) is 25.1 Å². The van der Waals surface area contributed by atoms with Crippen LogP contribution in [0.1, 0.15) is 64.6 Å². The summed E-state index contributed by atoms with van der Waals surface area (Å²) in [5.74, 6) is 0.0901. The zero-order chi connectivity index (χ0) is 17.4. The molecule has 0 aliphatic rings. The maximum Gasteiger partial charge on any atom is 0.346 e. The highest BCUT2D eigenvalue weighted by molar-refractivity contribution is 5.83. The smallest absolute Gasteiger partial charge is 0.346 e. The summed E-state index contributed by atoms with van der Waals surface area (Å²) in [5, 5.41) is 0.550. The molecule has 2 aromatic rings. The van der Waals surface area contributed by atoms with Crippen molar-refractivity contribution in [2.24, 2.45) is 0 Å². The van der Waals surface area contributed by atoms with Crippen LogP contribution in [0.25, 0.3) is 10.8 Å². The van der Waals surface area contributed by atoms with Crippen LogP contribution >= 0.6 is 0 Å². The van der Waals surface area contributed by atoms with Crippen molar-refractivity contribution >= 4 is 10.8 Å². The Morgan fingerprint density at radius 3 is 2.46 bits per heavy atom. The van der Waals surface area contributed by atoms with E-state index in [4.69, 9.17) is 9.15 Å². The van der Waals surface area contributed by atoms with E-state index in [0.717, 1.165) is 12.8 Å². The maximum absolute atomic E-state index is 14.3. The van der Waals surface area contributed by atoms with Gasteiger partial charge < -0.3 is 9.15 Å². The number of rotatable bonds is 10. The quantitative estimate of drug-likeness (QED) is 0.529. The van der Waals surface area contributed by atoms with Gasteiger partial charge in [-0.15, -0.1) is 0 Å². The van der Waals surface area contributed by atoms with Crippen LogP contribution < -0.4 is 10.4 Å². The molecule has 0 amide bonds. The lowest BCUT2D eigenvalue weighted by atomic mass is 10.1. The summed E-state index contributed by atoms with van der Waals surface area (Å²) in [6.45, 7) is 4.34. The van der Waals surface area contributed by atoms with Crippen LogP contribution in [0.5, 0.6) is 5.75 Å². The highest BCUT2D eigenvalue weighted by Crippen LogP contribution is 2.25. The molecule has 0 aliphatic heterocycles. The Morgan fingerprint density at radius 1 is 1.04 bits per heavy atom. The van der Waals surface area contributed by atoms with Crippen molar-refractivity contribution in [3.63, 3.8) is 0 Å². The average molecular weight is 334 g/mol. The second kappa shape index (κ2) is 9.45. The van der Waals surface area contributed by atoms with Crippen molar-refractivity contribution in [1.82, 2.24) is 0 Å². The van der Waals surface area contributed by atoms with Crippen LogP contribution in [-0.2, 0) is 6.42 Å². The highest BCUT2D eigenvalue weighted by Gasteiger charge is 2.14. The first-order chi connectivity index (χ1) is 11.7. The molecule has 0 saturated heterocycles. The van der Waals surface area contributed by atoms with Gasteiger partial charge in [-0.3, -0.25) is 0 Å². The lowest BCUT2D eigenvalue weighted by Gasteiger charge is -2.07. The van der Waals surface area contributed by atoms with E-state index in [1.807, 2.05) is 0 Å². The highest BCUT2D eigenvalue weighted by atomic mass is 19.1. The summed E-state index contributed by atoms with van der Waals surface area (Å²) in [6.07, 6.45) is 9.16. The number of unbranched alkanes of at least 4 members (excludes halogenated alkanes) is 6. The third kappa shape index (κ3) is 4.83. The largest absolute Gasteiger partial charge is 0.491 e. The van der Waals surface area contributed by atoms with Gasteiger partial charge in [0.1, 0.15) is 11.1 Å². The lowest BCUT2D eigenvalue weighted by Crippen LogP contribution is -2.06. The standard InChI is InChI=1S/C20H27FO3/c1-3-5-6-7-8-9-10-11-16-14-15-12-13-17(23-4-2)19(21)18(15)20(22)24-16/h12-14H,3-11H2,1-2H3. The predicted octanol–water partition coefficient (Wildman–Crippen LogP) is 5.62. The fraction of sp³-hybridized carbons (Fsp3) is 0.550. The zero-order valence-electron chi connectivity index (χ0n) is 14.7. The summed E-state index contributed by atoms with van der Waals surface area (Å²) in [4.78, 5) is 12.1. The number of fused-ring (bicyclic) bond motifs is 1. The van der Waals surface area contributed by atoms with Gasteiger partial charge in [-0.2, -0.15) is 0 Å². The summed E-state index contributed by atoms with van der Waals surface area (Å²) in [6, 6.07) is 5.05. The molecule has 0 aliphatic carbocycles. The molecule has 24 heavy (non-hydrogen) atoms. The van der Waals surface area contributed by atoms with Gasteiger partial charge in [0, 0.05) is 6.42 Å². The average Bonchev–Trinajstić information content (AvgIpc) is 2.56. The maximum atomic E-state index is 14.3. The van der Waals surface area contributed by atoms with E-state index < -0.39 is 11.4 Å². The molecule has 1 heterocycles. The van der Waals surface area contributed by atoms with Crippen molar-refractivity contribution in [2.45, 2.75) is 65.2 Å². The Kier molecular flexibility index (Phi) is 7.29. The first kappa shape index (κ1) is 18.5. The van der Waals surface area contributed by atoms with Crippen molar-refractivity contribution in [3.8, 4) is 5.75 Å². The van der Waals surface area contributed by atoms with Gasteiger partial charge in [-0.1, -0.05) is 51.5 Å². The Balaban J connectivity index is 2.00. The first-order valence-corrected chi connectivity index (χ1v) is 9.05. The molecule has 0 radical (unpaired) electrons. The fourth-order valence-corrected chi connectivity index (χ4v) is 2.92. The lowest BCUT2D eigenvalue weighted by molar-refractivity contribution is 0.322. The number of aryl methyl sites for hydroxylation is 1. The molecule has 4 heteroatoms. The molecular weight excluding hydrogens is 307 g/mol. The van der Waals surface area contributed by atoms with Crippen molar-refractivity contribution in [1.29, 1.82) is 0 Å². The van der Waals surface area contributed by atoms with Crippen molar-refractivity contribution < 1.29 is 13.5 Å². The molecule has 0 spiro atoms. The second-order valence-corrected chi connectivity index (χ2v) is 6.15. The third-order valence-corrected chi connectivity index (χ3v) is 4.21. The molecule has 0 fully saturated rings. The molecule has 1 aromatic carbocycles. The molecule has 2 rings (SSSR count). The first-order valence-electron chi connectivity index (χ1n) is 9.05. The molecule has 1 aromatic heterocycles. The van der Waals surface area contributed by atoms with Gasteiger partial charge in [-0.25, -0.2) is 9.18 Å².